The lowest BCUT2D eigenvalue weighted by Gasteiger charge is -2.13. The number of imide groups is 1. The third-order valence-electron chi connectivity index (χ3n) is 5.71. The fourth-order valence-corrected chi connectivity index (χ4v) is 5.87. The summed E-state index contributed by atoms with van der Waals surface area (Å²) in [5, 5.41) is 14.2. The Morgan fingerprint density at radius 1 is 1.11 bits per heavy atom. The smallest absolute Gasteiger partial charge is 0.283 e. The minimum atomic E-state index is -0.750. The van der Waals surface area contributed by atoms with Crippen LogP contribution in [0.25, 0.3) is 10.2 Å². The van der Waals surface area contributed by atoms with Gasteiger partial charge in [-0.05, 0) is 36.4 Å². The number of amides is 3. The van der Waals surface area contributed by atoms with E-state index in [1.165, 1.54) is 55.5 Å². The number of nitrogens with zero attached hydrogens (tertiary/aromatic N) is 3. The monoisotopic (exact) mass is 550 g/mol. The topological polar surface area (TPSA) is 141 Å². The van der Waals surface area contributed by atoms with Crippen molar-refractivity contribution < 1.29 is 28.8 Å². The van der Waals surface area contributed by atoms with Gasteiger partial charge in [-0.2, -0.15) is 0 Å². The predicted molar refractivity (Wildman–Crippen MR) is 143 cm³/mol. The van der Waals surface area contributed by atoms with Gasteiger partial charge in [0.15, 0.2) is 4.34 Å². The first-order chi connectivity index (χ1) is 18.3. The van der Waals surface area contributed by atoms with E-state index in [4.69, 9.17) is 9.47 Å². The molecule has 0 spiro atoms. The molecular weight excluding hydrogens is 532 g/mol. The second-order valence-electron chi connectivity index (χ2n) is 7.94. The zero-order valence-electron chi connectivity index (χ0n) is 19.9. The van der Waals surface area contributed by atoms with Crippen molar-refractivity contribution in [3.63, 3.8) is 0 Å². The Labute approximate surface area is 223 Å². The minimum absolute atomic E-state index is 0.0106. The number of nitrogens with one attached hydrogen (secondary N) is 1. The van der Waals surface area contributed by atoms with Crippen molar-refractivity contribution in [1.82, 2.24) is 4.98 Å². The van der Waals surface area contributed by atoms with Crippen LogP contribution in [-0.2, 0) is 4.79 Å². The normalized spacial score (nSPS) is 12.5. The molecule has 0 aliphatic carbocycles. The number of nitro benzene ring substituents is 1. The number of carbonyl (C=O) groups excluding carboxylic acids is 3. The molecule has 0 radical (unpaired) electrons. The van der Waals surface area contributed by atoms with Crippen molar-refractivity contribution in [2.45, 2.75) is 4.34 Å². The maximum absolute atomic E-state index is 13.0. The molecular formula is C25H18N4O7S2. The molecule has 0 unspecified atom stereocenters. The van der Waals surface area contributed by atoms with Gasteiger partial charge >= 0.3 is 0 Å². The van der Waals surface area contributed by atoms with Crippen LogP contribution in [0.2, 0.25) is 0 Å². The molecule has 0 saturated heterocycles. The molecule has 1 N–H and O–H groups in total. The Bertz CT molecular complexity index is 1640. The van der Waals surface area contributed by atoms with Gasteiger partial charge in [-0.15, -0.1) is 11.3 Å². The summed E-state index contributed by atoms with van der Waals surface area (Å²) in [5.41, 5.74) is 0.739. The lowest BCUT2D eigenvalue weighted by molar-refractivity contribution is -0.385. The quantitative estimate of drug-likeness (QED) is 0.142. The van der Waals surface area contributed by atoms with E-state index >= 15 is 0 Å². The molecule has 192 valence electrons. The molecule has 38 heavy (non-hydrogen) atoms. The largest absolute Gasteiger partial charge is 0.497 e. The van der Waals surface area contributed by atoms with E-state index in [9.17, 15) is 24.5 Å². The van der Waals surface area contributed by atoms with Gasteiger partial charge in [0.2, 0.25) is 5.91 Å². The Kier molecular flexibility index (Phi) is 6.70. The Morgan fingerprint density at radius 3 is 2.66 bits per heavy atom. The number of hydrogen-bond acceptors (Lipinski definition) is 10. The third kappa shape index (κ3) is 4.53. The Morgan fingerprint density at radius 2 is 1.92 bits per heavy atom. The van der Waals surface area contributed by atoms with Gasteiger partial charge in [-0.1, -0.05) is 17.8 Å². The SMILES string of the molecule is COc1ccc(OC)c(NC(=O)CSc2nc3ccc(N4C(=O)c5cccc([N+](=O)[O-])c5C4=O)cc3s2)c1. The van der Waals surface area contributed by atoms with Crippen LogP contribution in [-0.4, -0.2) is 47.6 Å². The van der Waals surface area contributed by atoms with Crippen LogP contribution in [0, 0.1) is 10.1 Å². The number of fused-ring (bicyclic) bond motifs is 2. The van der Waals surface area contributed by atoms with Gasteiger partial charge in [0.05, 0.1) is 52.1 Å². The van der Waals surface area contributed by atoms with E-state index < -0.39 is 22.4 Å². The van der Waals surface area contributed by atoms with Gasteiger partial charge < -0.3 is 14.8 Å². The average Bonchev–Trinajstić information content (AvgIpc) is 3.44. The highest BCUT2D eigenvalue weighted by Crippen LogP contribution is 2.37. The summed E-state index contributed by atoms with van der Waals surface area (Å²) in [6.07, 6.45) is 0. The number of hydrogen-bond donors (Lipinski definition) is 1. The second kappa shape index (κ2) is 10.1. The summed E-state index contributed by atoms with van der Waals surface area (Å²) in [7, 11) is 3.03. The minimum Gasteiger partial charge on any atom is -0.497 e. The summed E-state index contributed by atoms with van der Waals surface area (Å²) >= 11 is 2.53. The molecule has 3 aromatic carbocycles. The number of rotatable bonds is 8. The van der Waals surface area contributed by atoms with E-state index in [2.05, 4.69) is 10.3 Å². The standard InChI is InChI=1S/C25H18N4O7S2/c1-35-14-7-9-19(36-2)17(11-14)26-21(30)12-37-25-27-16-8-6-13(10-20(16)38-25)28-23(31)15-4-3-5-18(29(33)34)22(15)24(28)32/h3-11H,12H2,1-2H3,(H,26,30). The lowest BCUT2D eigenvalue weighted by Crippen LogP contribution is -2.29. The maximum atomic E-state index is 13.0. The van der Waals surface area contributed by atoms with Crippen LogP contribution in [0.4, 0.5) is 17.1 Å². The van der Waals surface area contributed by atoms with E-state index in [0.717, 1.165) is 4.90 Å². The number of carbonyl (C=O) groups is 3. The van der Waals surface area contributed by atoms with E-state index in [0.29, 0.717) is 31.7 Å². The first-order valence-electron chi connectivity index (χ1n) is 11.0. The van der Waals surface area contributed by atoms with E-state index in [1.54, 1.807) is 36.4 Å². The summed E-state index contributed by atoms with van der Waals surface area (Å²) in [5.74, 6) is -0.500. The highest BCUT2D eigenvalue weighted by molar-refractivity contribution is 8.01. The van der Waals surface area contributed by atoms with Crippen LogP contribution in [0.1, 0.15) is 20.7 Å². The van der Waals surface area contributed by atoms with Crippen molar-refractivity contribution in [2.75, 3.05) is 30.2 Å². The number of aromatic nitrogens is 1. The highest BCUT2D eigenvalue weighted by atomic mass is 32.2. The van der Waals surface area contributed by atoms with E-state index in [-0.39, 0.29) is 28.5 Å². The van der Waals surface area contributed by atoms with Gasteiger partial charge in [0.25, 0.3) is 17.5 Å². The summed E-state index contributed by atoms with van der Waals surface area (Å²) in [4.78, 5) is 54.7. The van der Waals surface area contributed by atoms with Crippen molar-refractivity contribution in [2.24, 2.45) is 0 Å². The number of ether oxygens (including phenoxy) is 2. The molecule has 11 nitrogen and oxygen atoms in total. The number of anilines is 2. The molecule has 1 aliphatic rings. The number of benzene rings is 3. The van der Waals surface area contributed by atoms with Crippen LogP contribution in [0.5, 0.6) is 11.5 Å². The molecule has 1 aromatic heterocycles. The van der Waals surface area contributed by atoms with Gasteiger partial charge in [-0.3, -0.25) is 24.5 Å². The average molecular weight is 551 g/mol. The second-order valence-corrected chi connectivity index (χ2v) is 10.2. The van der Waals surface area contributed by atoms with Gasteiger partial charge in [0.1, 0.15) is 17.1 Å². The fraction of sp³-hybridized carbons (Fsp3) is 0.120. The lowest BCUT2D eigenvalue weighted by atomic mass is 10.1. The Hall–Kier alpha value is -4.49. The van der Waals surface area contributed by atoms with Crippen molar-refractivity contribution in [3.8, 4) is 11.5 Å². The van der Waals surface area contributed by atoms with Gasteiger partial charge in [0, 0.05) is 12.1 Å². The zero-order chi connectivity index (χ0) is 27.0. The maximum Gasteiger partial charge on any atom is 0.283 e. The number of thiazole rings is 1. The van der Waals surface area contributed by atoms with Crippen molar-refractivity contribution in [1.29, 1.82) is 0 Å². The van der Waals surface area contributed by atoms with Crippen LogP contribution in [0.15, 0.2) is 58.9 Å². The molecule has 1 aliphatic heterocycles. The molecule has 4 aromatic rings. The number of methoxy groups -OCH3 is 2. The van der Waals surface area contributed by atoms with Crippen molar-refractivity contribution in [3.05, 3.63) is 75.8 Å². The van der Waals surface area contributed by atoms with E-state index in [1.807, 2.05) is 0 Å². The number of thioether (sulfide) groups is 1. The predicted octanol–water partition coefficient (Wildman–Crippen LogP) is 4.75. The first kappa shape index (κ1) is 25.2. The molecule has 0 bridgehead atoms. The molecule has 5 rings (SSSR count). The highest BCUT2D eigenvalue weighted by Gasteiger charge is 2.41. The molecule has 3 amide bonds. The first-order valence-corrected chi connectivity index (χ1v) is 12.8. The molecule has 0 atom stereocenters. The molecule has 0 fully saturated rings. The van der Waals surface area contributed by atoms with Crippen molar-refractivity contribution >= 4 is 68.1 Å². The molecule has 2 heterocycles. The Balaban J connectivity index is 1.32. The molecule has 13 heteroatoms. The summed E-state index contributed by atoms with van der Waals surface area (Å²) < 4.78 is 11.8. The van der Waals surface area contributed by atoms with Crippen LogP contribution < -0.4 is 19.7 Å². The summed E-state index contributed by atoms with van der Waals surface area (Å²) in [6.45, 7) is 0. The van der Waals surface area contributed by atoms with Gasteiger partial charge in [-0.25, -0.2) is 9.88 Å². The zero-order valence-corrected chi connectivity index (χ0v) is 21.6. The summed E-state index contributed by atoms with van der Waals surface area (Å²) in [6, 6.07) is 13.9. The number of nitro groups is 1. The molecule has 0 saturated carbocycles. The van der Waals surface area contributed by atoms with Crippen LogP contribution in [0.3, 0.4) is 0 Å². The third-order valence-corrected chi connectivity index (χ3v) is 7.87. The van der Waals surface area contributed by atoms with Crippen LogP contribution >= 0.6 is 23.1 Å². The fourth-order valence-electron chi connectivity index (χ4n) is 3.97.